The third-order valence-electron chi connectivity index (χ3n) is 6.11. The van der Waals surface area contributed by atoms with Gasteiger partial charge in [-0.1, -0.05) is 30.3 Å². The quantitative estimate of drug-likeness (QED) is 0.630. The van der Waals surface area contributed by atoms with Crippen LogP contribution in [0.15, 0.2) is 41.5 Å². The number of benzene rings is 1. The molecule has 7 heteroatoms. The molecular formula is C23H28N4O2S. The Morgan fingerprint density at radius 3 is 2.63 bits per heavy atom. The number of carbonyl (C=O) groups is 1. The van der Waals surface area contributed by atoms with Crippen molar-refractivity contribution < 1.29 is 4.79 Å². The maximum atomic E-state index is 13.3. The highest BCUT2D eigenvalue weighted by Crippen LogP contribution is 2.35. The zero-order valence-electron chi connectivity index (χ0n) is 17.8. The second-order valence-electron chi connectivity index (χ2n) is 8.11. The number of aryl methyl sites for hydroxylation is 2. The smallest absolute Gasteiger partial charge is 0.262 e. The van der Waals surface area contributed by atoms with Crippen molar-refractivity contribution in [2.75, 3.05) is 27.2 Å². The number of fused-ring (bicyclic) bond motifs is 1. The van der Waals surface area contributed by atoms with E-state index in [1.165, 1.54) is 0 Å². The first-order valence-corrected chi connectivity index (χ1v) is 11.3. The maximum absolute atomic E-state index is 13.3. The van der Waals surface area contributed by atoms with Gasteiger partial charge in [0.15, 0.2) is 0 Å². The number of aromatic nitrogens is 2. The molecule has 0 unspecified atom stereocenters. The number of carbonyl (C=O) groups excluding carboxylic acids is 1. The minimum atomic E-state index is -0.0713. The molecule has 3 aromatic rings. The lowest BCUT2D eigenvalue weighted by Gasteiger charge is -2.35. The summed E-state index contributed by atoms with van der Waals surface area (Å²) in [6, 6.07) is 10.2. The van der Waals surface area contributed by atoms with Gasteiger partial charge in [0.05, 0.1) is 11.7 Å². The van der Waals surface area contributed by atoms with Crippen LogP contribution >= 0.6 is 11.3 Å². The Balaban J connectivity index is 1.54. The molecule has 0 atom stereocenters. The van der Waals surface area contributed by atoms with E-state index >= 15 is 0 Å². The van der Waals surface area contributed by atoms with Crippen molar-refractivity contribution in [3.8, 4) is 11.1 Å². The molecule has 0 bridgehead atoms. The lowest BCUT2D eigenvalue weighted by molar-refractivity contribution is -0.133. The highest BCUT2D eigenvalue weighted by atomic mass is 32.1. The first kappa shape index (κ1) is 20.8. The molecule has 3 heterocycles. The van der Waals surface area contributed by atoms with Crippen LogP contribution in [-0.4, -0.2) is 58.5 Å². The summed E-state index contributed by atoms with van der Waals surface area (Å²) in [6.07, 6.45) is 3.89. The molecular weight excluding hydrogens is 396 g/mol. The average Bonchev–Trinajstić information content (AvgIpc) is 3.10. The van der Waals surface area contributed by atoms with Gasteiger partial charge in [-0.2, -0.15) is 0 Å². The fourth-order valence-corrected chi connectivity index (χ4v) is 5.23. The van der Waals surface area contributed by atoms with Gasteiger partial charge in [0.2, 0.25) is 5.91 Å². The number of piperidine rings is 1. The van der Waals surface area contributed by atoms with E-state index in [0.717, 1.165) is 46.8 Å². The van der Waals surface area contributed by atoms with Crippen molar-refractivity contribution in [3.63, 3.8) is 0 Å². The molecule has 1 aliphatic heterocycles. The zero-order valence-corrected chi connectivity index (χ0v) is 18.6. The van der Waals surface area contributed by atoms with Crippen LogP contribution in [0.2, 0.25) is 0 Å². The van der Waals surface area contributed by atoms with E-state index in [9.17, 15) is 9.59 Å². The SMILES string of the molecule is Cc1sc2ncn(CCC(=O)N(C)C3CCN(C)CC3)c(=O)c2c1-c1ccccc1. The Morgan fingerprint density at radius 2 is 1.93 bits per heavy atom. The monoisotopic (exact) mass is 424 g/mol. The molecule has 2 aromatic heterocycles. The number of thiophene rings is 1. The van der Waals surface area contributed by atoms with Gasteiger partial charge in [-0.25, -0.2) is 4.98 Å². The highest BCUT2D eigenvalue weighted by molar-refractivity contribution is 7.19. The molecule has 1 fully saturated rings. The molecule has 1 saturated heterocycles. The maximum Gasteiger partial charge on any atom is 0.262 e. The van der Waals surface area contributed by atoms with E-state index in [1.54, 1.807) is 22.2 Å². The number of likely N-dealkylation sites (tertiary alicyclic amines) is 1. The van der Waals surface area contributed by atoms with E-state index in [-0.39, 0.29) is 17.5 Å². The first-order valence-electron chi connectivity index (χ1n) is 10.4. The van der Waals surface area contributed by atoms with Gasteiger partial charge in [0.25, 0.3) is 5.56 Å². The standard InChI is InChI=1S/C23H28N4O2S/c1-16-20(17-7-5-4-6-8-17)21-22(30-16)24-15-27(23(21)29)14-11-19(28)26(3)18-9-12-25(2)13-10-18/h4-8,15,18H,9-14H2,1-3H3. The van der Waals surface area contributed by atoms with E-state index in [2.05, 4.69) is 16.9 Å². The summed E-state index contributed by atoms with van der Waals surface area (Å²) in [5, 5.41) is 0.655. The van der Waals surface area contributed by atoms with Crippen molar-refractivity contribution in [2.24, 2.45) is 0 Å². The van der Waals surface area contributed by atoms with Gasteiger partial charge in [-0.05, 0) is 45.5 Å². The van der Waals surface area contributed by atoms with Crippen LogP contribution in [0.5, 0.6) is 0 Å². The van der Waals surface area contributed by atoms with E-state index in [1.807, 2.05) is 49.2 Å². The van der Waals surface area contributed by atoms with Crippen LogP contribution in [0, 0.1) is 6.92 Å². The summed E-state index contributed by atoms with van der Waals surface area (Å²) in [7, 11) is 4.00. The Hall–Kier alpha value is -2.51. The number of hydrogen-bond acceptors (Lipinski definition) is 5. The molecule has 158 valence electrons. The first-order chi connectivity index (χ1) is 14.5. The summed E-state index contributed by atoms with van der Waals surface area (Å²) in [5.74, 6) is 0.0846. The fourth-order valence-electron chi connectivity index (χ4n) is 4.23. The molecule has 0 spiro atoms. The Kier molecular flexibility index (Phi) is 6.01. The minimum Gasteiger partial charge on any atom is -0.343 e. The molecule has 0 radical (unpaired) electrons. The van der Waals surface area contributed by atoms with Gasteiger partial charge < -0.3 is 9.80 Å². The third-order valence-corrected chi connectivity index (χ3v) is 7.13. The van der Waals surface area contributed by atoms with Crippen LogP contribution in [-0.2, 0) is 11.3 Å². The number of rotatable bonds is 5. The molecule has 1 aromatic carbocycles. The Labute approximate surface area is 180 Å². The molecule has 0 saturated carbocycles. The van der Waals surface area contributed by atoms with Crippen LogP contribution < -0.4 is 5.56 Å². The molecule has 4 rings (SSSR count). The molecule has 1 aliphatic rings. The molecule has 6 nitrogen and oxygen atoms in total. The van der Waals surface area contributed by atoms with Crippen molar-refractivity contribution in [1.82, 2.24) is 19.4 Å². The summed E-state index contributed by atoms with van der Waals surface area (Å²) in [5.41, 5.74) is 1.91. The largest absolute Gasteiger partial charge is 0.343 e. The van der Waals surface area contributed by atoms with Crippen molar-refractivity contribution in [2.45, 2.75) is 38.8 Å². The predicted octanol–water partition coefficient (Wildman–Crippen LogP) is 3.38. The topological polar surface area (TPSA) is 58.4 Å². The van der Waals surface area contributed by atoms with Gasteiger partial charge >= 0.3 is 0 Å². The predicted molar refractivity (Wildman–Crippen MR) is 122 cm³/mol. The van der Waals surface area contributed by atoms with E-state index in [0.29, 0.717) is 18.4 Å². The summed E-state index contributed by atoms with van der Waals surface area (Å²) < 4.78 is 1.58. The second kappa shape index (κ2) is 8.70. The van der Waals surface area contributed by atoms with Crippen molar-refractivity contribution >= 4 is 27.5 Å². The van der Waals surface area contributed by atoms with Gasteiger partial charge in [0, 0.05) is 36.5 Å². The number of hydrogen-bond donors (Lipinski definition) is 0. The lowest BCUT2D eigenvalue weighted by Crippen LogP contribution is -2.44. The van der Waals surface area contributed by atoms with Crippen LogP contribution in [0.25, 0.3) is 21.3 Å². The van der Waals surface area contributed by atoms with E-state index < -0.39 is 0 Å². The molecule has 30 heavy (non-hydrogen) atoms. The highest BCUT2D eigenvalue weighted by Gasteiger charge is 2.24. The van der Waals surface area contributed by atoms with Crippen molar-refractivity contribution in [3.05, 3.63) is 51.9 Å². The summed E-state index contributed by atoms with van der Waals surface area (Å²) in [4.78, 5) is 36.5. The summed E-state index contributed by atoms with van der Waals surface area (Å²) >= 11 is 1.54. The Bertz CT molecular complexity index is 1100. The molecule has 0 aliphatic carbocycles. The number of amides is 1. The second-order valence-corrected chi connectivity index (χ2v) is 9.31. The van der Waals surface area contributed by atoms with Gasteiger partial charge in [-0.3, -0.25) is 14.2 Å². The van der Waals surface area contributed by atoms with Crippen LogP contribution in [0.1, 0.15) is 24.1 Å². The average molecular weight is 425 g/mol. The third kappa shape index (κ3) is 4.04. The Morgan fingerprint density at radius 1 is 1.23 bits per heavy atom. The number of nitrogens with zero attached hydrogens (tertiary/aromatic N) is 4. The minimum absolute atomic E-state index is 0.0713. The fraction of sp³-hybridized carbons (Fsp3) is 0.435. The normalized spacial score (nSPS) is 15.6. The zero-order chi connectivity index (χ0) is 21.3. The van der Waals surface area contributed by atoms with E-state index in [4.69, 9.17) is 0 Å². The lowest BCUT2D eigenvalue weighted by atomic mass is 10.0. The molecule has 0 N–H and O–H groups in total. The summed E-state index contributed by atoms with van der Waals surface area (Å²) in [6.45, 7) is 4.41. The van der Waals surface area contributed by atoms with Crippen LogP contribution in [0.3, 0.4) is 0 Å². The van der Waals surface area contributed by atoms with Gasteiger partial charge in [-0.15, -0.1) is 11.3 Å². The van der Waals surface area contributed by atoms with Crippen LogP contribution in [0.4, 0.5) is 0 Å². The van der Waals surface area contributed by atoms with Crippen molar-refractivity contribution in [1.29, 1.82) is 0 Å². The van der Waals surface area contributed by atoms with Gasteiger partial charge in [0.1, 0.15) is 4.83 Å². The molecule has 1 amide bonds.